The van der Waals surface area contributed by atoms with E-state index < -0.39 is 0 Å². The number of hydrogen-bond acceptors (Lipinski definition) is 4. The van der Waals surface area contributed by atoms with Crippen LogP contribution in [0.25, 0.3) is 0 Å². The van der Waals surface area contributed by atoms with Crippen molar-refractivity contribution in [2.24, 2.45) is 4.99 Å². The quantitative estimate of drug-likeness (QED) is 0.253. The number of hydrogen-bond donors (Lipinski definition) is 2. The van der Waals surface area contributed by atoms with Crippen molar-refractivity contribution in [3.63, 3.8) is 0 Å². The number of rotatable bonds is 8. The van der Waals surface area contributed by atoms with E-state index in [-0.39, 0.29) is 30.1 Å². The van der Waals surface area contributed by atoms with Gasteiger partial charge in [0.05, 0.1) is 23.4 Å². The molecule has 0 radical (unpaired) electrons. The third-order valence-electron chi connectivity index (χ3n) is 3.89. The first-order valence-electron chi connectivity index (χ1n) is 8.64. The van der Waals surface area contributed by atoms with E-state index in [1.165, 1.54) is 10.4 Å². The van der Waals surface area contributed by atoms with Crippen molar-refractivity contribution in [1.82, 2.24) is 15.6 Å². The number of thiazole rings is 1. The maximum absolute atomic E-state index is 5.88. The molecule has 26 heavy (non-hydrogen) atoms. The van der Waals surface area contributed by atoms with Gasteiger partial charge in [-0.25, -0.2) is 4.98 Å². The second kappa shape index (κ2) is 12.2. The zero-order valence-corrected chi connectivity index (χ0v) is 19.1. The molecule has 0 bridgehead atoms. The molecule has 144 valence electrons. The standard InChI is InChI=1S/C19H28N4OS.HI/c1-14-18(25-16(3)23-14)13-22-19(20-4)21-11-8-12-24-15(2)17-9-6-5-7-10-17;/h5-7,9-10,15H,8,11-13H2,1-4H3,(H2,20,21,22);1H. The predicted octanol–water partition coefficient (Wildman–Crippen LogP) is 4.21. The van der Waals surface area contributed by atoms with Gasteiger partial charge in [-0.1, -0.05) is 30.3 Å². The van der Waals surface area contributed by atoms with Crippen molar-refractivity contribution in [3.05, 3.63) is 51.5 Å². The smallest absolute Gasteiger partial charge is 0.191 e. The van der Waals surface area contributed by atoms with Crippen LogP contribution >= 0.6 is 35.3 Å². The Kier molecular flexibility index (Phi) is 10.8. The number of aromatic nitrogens is 1. The Balaban J connectivity index is 0.00000338. The van der Waals surface area contributed by atoms with E-state index >= 15 is 0 Å². The van der Waals surface area contributed by atoms with Gasteiger partial charge in [-0.15, -0.1) is 35.3 Å². The number of halogens is 1. The molecule has 1 aromatic carbocycles. The number of benzene rings is 1. The van der Waals surface area contributed by atoms with Gasteiger partial charge in [-0.3, -0.25) is 4.99 Å². The molecule has 1 atom stereocenters. The van der Waals surface area contributed by atoms with Crippen LogP contribution in [0.1, 0.15) is 40.6 Å². The van der Waals surface area contributed by atoms with Gasteiger partial charge in [0, 0.05) is 25.1 Å². The molecular formula is C19H29IN4OS. The molecule has 0 saturated carbocycles. The Morgan fingerprint density at radius 2 is 1.96 bits per heavy atom. The van der Waals surface area contributed by atoms with Gasteiger partial charge in [0.25, 0.3) is 0 Å². The van der Waals surface area contributed by atoms with Crippen molar-refractivity contribution in [2.75, 3.05) is 20.2 Å². The fourth-order valence-corrected chi connectivity index (χ4v) is 3.36. The number of nitrogens with one attached hydrogen (secondary N) is 2. The SMILES string of the molecule is CN=C(NCCCOC(C)c1ccccc1)NCc1sc(C)nc1C.I. The van der Waals surface area contributed by atoms with Crippen molar-refractivity contribution in [1.29, 1.82) is 0 Å². The highest BCUT2D eigenvalue weighted by Gasteiger charge is 2.06. The van der Waals surface area contributed by atoms with Gasteiger partial charge >= 0.3 is 0 Å². The average molecular weight is 488 g/mol. The summed E-state index contributed by atoms with van der Waals surface area (Å²) in [5.41, 5.74) is 2.30. The molecule has 0 spiro atoms. The Labute approximate surface area is 177 Å². The van der Waals surface area contributed by atoms with Crippen LogP contribution in [0.3, 0.4) is 0 Å². The minimum atomic E-state index is 0. The molecular weight excluding hydrogens is 459 g/mol. The lowest BCUT2D eigenvalue weighted by atomic mass is 10.1. The summed E-state index contributed by atoms with van der Waals surface area (Å²) in [4.78, 5) is 9.95. The van der Waals surface area contributed by atoms with E-state index in [1.54, 1.807) is 18.4 Å². The second-order valence-corrected chi connectivity index (χ2v) is 7.16. The first-order chi connectivity index (χ1) is 12.1. The van der Waals surface area contributed by atoms with Crippen LogP contribution in [0.5, 0.6) is 0 Å². The number of aryl methyl sites for hydroxylation is 2. The van der Waals surface area contributed by atoms with Gasteiger partial charge in [-0.2, -0.15) is 0 Å². The molecule has 0 saturated heterocycles. The lowest BCUT2D eigenvalue weighted by Gasteiger charge is -2.14. The third-order valence-corrected chi connectivity index (χ3v) is 4.96. The summed E-state index contributed by atoms with van der Waals surface area (Å²) in [5, 5.41) is 7.76. The predicted molar refractivity (Wildman–Crippen MR) is 121 cm³/mol. The monoisotopic (exact) mass is 488 g/mol. The van der Waals surface area contributed by atoms with E-state index in [2.05, 4.69) is 39.7 Å². The van der Waals surface area contributed by atoms with Crippen LogP contribution in [0.15, 0.2) is 35.3 Å². The van der Waals surface area contributed by atoms with E-state index in [1.807, 2.05) is 32.0 Å². The normalized spacial score (nSPS) is 12.4. The maximum Gasteiger partial charge on any atom is 0.191 e. The fraction of sp³-hybridized carbons (Fsp3) is 0.474. The molecule has 1 unspecified atom stereocenters. The highest BCUT2D eigenvalue weighted by molar-refractivity contribution is 14.0. The molecule has 0 fully saturated rings. The van der Waals surface area contributed by atoms with E-state index in [4.69, 9.17) is 4.74 Å². The lowest BCUT2D eigenvalue weighted by molar-refractivity contribution is 0.0646. The number of nitrogens with zero attached hydrogens (tertiary/aromatic N) is 2. The zero-order valence-electron chi connectivity index (χ0n) is 15.9. The Hall–Kier alpha value is -1.19. The van der Waals surface area contributed by atoms with Crippen molar-refractivity contribution in [2.45, 2.75) is 39.8 Å². The minimum absolute atomic E-state index is 0. The van der Waals surface area contributed by atoms with Crippen LogP contribution in [-0.2, 0) is 11.3 Å². The van der Waals surface area contributed by atoms with Gasteiger partial charge in [0.15, 0.2) is 5.96 Å². The maximum atomic E-state index is 5.88. The minimum Gasteiger partial charge on any atom is -0.374 e. The van der Waals surface area contributed by atoms with Crippen LogP contribution in [0.4, 0.5) is 0 Å². The molecule has 2 N–H and O–H groups in total. The van der Waals surface area contributed by atoms with Crippen molar-refractivity contribution < 1.29 is 4.74 Å². The van der Waals surface area contributed by atoms with Crippen LogP contribution in [0.2, 0.25) is 0 Å². The molecule has 0 aliphatic carbocycles. The van der Waals surface area contributed by atoms with E-state index in [0.717, 1.165) is 36.2 Å². The van der Waals surface area contributed by atoms with Crippen LogP contribution in [-0.4, -0.2) is 31.1 Å². The molecule has 1 heterocycles. The Morgan fingerprint density at radius 1 is 1.23 bits per heavy atom. The first-order valence-corrected chi connectivity index (χ1v) is 9.45. The topological polar surface area (TPSA) is 58.5 Å². The average Bonchev–Trinajstić information content (AvgIpc) is 2.95. The summed E-state index contributed by atoms with van der Waals surface area (Å²) in [7, 11) is 1.79. The zero-order chi connectivity index (χ0) is 18.1. The van der Waals surface area contributed by atoms with Gasteiger partial charge < -0.3 is 15.4 Å². The number of aliphatic imine (C=N–C) groups is 1. The molecule has 0 aliphatic rings. The number of guanidine groups is 1. The largest absolute Gasteiger partial charge is 0.374 e. The van der Waals surface area contributed by atoms with E-state index in [0.29, 0.717) is 6.61 Å². The highest BCUT2D eigenvalue weighted by Crippen LogP contribution is 2.17. The first kappa shape index (κ1) is 22.9. The summed E-state index contributed by atoms with van der Waals surface area (Å²) < 4.78 is 5.88. The molecule has 0 aliphatic heterocycles. The molecule has 0 amide bonds. The van der Waals surface area contributed by atoms with Crippen molar-refractivity contribution >= 4 is 41.3 Å². The van der Waals surface area contributed by atoms with E-state index in [9.17, 15) is 0 Å². The Bertz CT molecular complexity index is 675. The molecule has 7 heteroatoms. The van der Waals surface area contributed by atoms with Crippen LogP contribution in [0, 0.1) is 13.8 Å². The molecule has 1 aromatic heterocycles. The highest BCUT2D eigenvalue weighted by atomic mass is 127. The Morgan fingerprint density at radius 3 is 2.58 bits per heavy atom. The van der Waals surface area contributed by atoms with Gasteiger partial charge in [-0.05, 0) is 32.8 Å². The summed E-state index contributed by atoms with van der Waals surface area (Å²) in [6.45, 7) is 8.45. The van der Waals surface area contributed by atoms with Crippen LogP contribution < -0.4 is 10.6 Å². The summed E-state index contributed by atoms with van der Waals surface area (Å²) >= 11 is 1.72. The molecule has 2 aromatic rings. The van der Waals surface area contributed by atoms with Gasteiger partial charge in [0.2, 0.25) is 0 Å². The fourth-order valence-electron chi connectivity index (χ4n) is 2.48. The molecule has 2 rings (SSSR count). The summed E-state index contributed by atoms with van der Waals surface area (Å²) in [6, 6.07) is 10.3. The lowest BCUT2D eigenvalue weighted by Crippen LogP contribution is -2.37. The molecule has 5 nitrogen and oxygen atoms in total. The summed E-state index contributed by atoms with van der Waals surface area (Å²) in [5.74, 6) is 0.807. The summed E-state index contributed by atoms with van der Waals surface area (Å²) in [6.07, 6.45) is 1.05. The number of ether oxygens (including phenoxy) is 1. The van der Waals surface area contributed by atoms with Gasteiger partial charge in [0.1, 0.15) is 0 Å². The third kappa shape index (κ3) is 7.59. The second-order valence-electron chi connectivity index (χ2n) is 5.87. The van der Waals surface area contributed by atoms with Crippen molar-refractivity contribution in [3.8, 4) is 0 Å².